The van der Waals surface area contributed by atoms with Crippen molar-refractivity contribution in [2.75, 3.05) is 6.61 Å². The monoisotopic (exact) mass is 456 g/mol. The van der Waals surface area contributed by atoms with Gasteiger partial charge >= 0.3 is 35.5 Å². The molecule has 0 unspecified atom stereocenters. The van der Waals surface area contributed by atoms with Crippen molar-refractivity contribution in [3.05, 3.63) is 27.3 Å². The summed E-state index contributed by atoms with van der Waals surface area (Å²) in [4.78, 5) is 10.3. The summed E-state index contributed by atoms with van der Waals surface area (Å²) < 4.78 is 6.04. The number of carboxylic acid groups (broad SMARTS) is 1. The normalized spacial score (nSPS) is 8.62. The van der Waals surface area contributed by atoms with Crippen LogP contribution in [0, 0.1) is 3.57 Å². The Kier molecular flexibility index (Phi) is 12.0. The van der Waals surface area contributed by atoms with Gasteiger partial charge in [-0.15, -0.1) is 0 Å². The van der Waals surface area contributed by atoms with Crippen LogP contribution in [-0.2, 0) is 11.2 Å². The van der Waals surface area contributed by atoms with Crippen LogP contribution in [0.2, 0.25) is 0 Å². The largest absolute Gasteiger partial charge is 1.00 e. The van der Waals surface area contributed by atoms with Crippen LogP contribution < -0.4 is 58.3 Å². The van der Waals surface area contributed by atoms with Crippen molar-refractivity contribution in [1.82, 2.24) is 0 Å². The van der Waals surface area contributed by atoms with Crippen LogP contribution in [0.15, 0.2) is 18.2 Å². The number of rotatable bonds is 4. The number of hydrogen-bond donors (Lipinski definition) is 1. The number of aliphatic carboxylic acids is 1. The van der Waals surface area contributed by atoms with Crippen molar-refractivity contribution in [2.45, 2.75) is 13.3 Å². The van der Waals surface area contributed by atoms with E-state index in [4.69, 9.17) is 9.84 Å². The first-order valence-corrected chi connectivity index (χ1v) is 5.34. The van der Waals surface area contributed by atoms with E-state index in [1.807, 2.05) is 18.2 Å². The molecule has 84 valence electrons. The number of hydrogen-bond acceptors (Lipinski definition) is 2. The third-order valence-electron chi connectivity index (χ3n) is 1.76. The molecule has 6 heteroatoms. The molecule has 0 atom stereocenters. The molecule has 0 aliphatic carbocycles. The minimum absolute atomic E-state index is 0. The van der Waals surface area contributed by atoms with E-state index >= 15 is 0 Å². The van der Waals surface area contributed by atoms with E-state index in [0.29, 0.717) is 5.75 Å². The number of benzene rings is 1. The molecule has 3 nitrogen and oxygen atoms in total. The van der Waals surface area contributed by atoms with Gasteiger partial charge < -0.3 is 33.8 Å². The van der Waals surface area contributed by atoms with Gasteiger partial charge in [0.2, 0.25) is 0 Å². The summed E-state index contributed by atoms with van der Waals surface area (Å²) in [5.41, 5.74) is 1.22. The molecule has 0 saturated heterocycles. The Morgan fingerprint density at radius 2 is 2.12 bits per heavy atom. The van der Waals surface area contributed by atoms with Gasteiger partial charge in [-0.05, 0) is 46.7 Å². The van der Waals surface area contributed by atoms with Gasteiger partial charge in [0.15, 0.2) is 6.61 Å². The molecule has 0 radical (unpaired) electrons. The summed E-state index contributed by atoms with van der Waals surface area (Å²) in [6, 6.07) is 5.75. The first-order valence-electron chi connectivity index (χ1n) is 4.26. The second-order valence-electron chi connectivity index (χ2n) is 2.80. The van der Waals surface area contributed by atoms with Crippen LogP contribution in [-0.4, -0.2) is 17.7 Å². The third kappa shape index (κ3) is 6.63. The van der Waals surface area contributed by atoms with Gasteiger partial charge in [0.05, 0.1) is 3.57 Å². The molecule has 1 N–H and O–H groups in total. The molecule has 0 spiro atoms. The Morgan fingerprint density at radius 1 is 1.50 bits per heavy atom. The summed E-state index contributed by atoms with van der Waals surface area (Å²) in [6.45, 7) is 1.78. The van der Waals surface area contributed by atoms with E-state index in [2.05, 4.69) is 29.5 Å². The molecule has 0 aliphatic rings. The fraction of sp³-hybridized carbons (Fsp3) is 0.300. The SMILES string of the molecule is CCc1ccc(OCC(=O)O)c(I)c1.[I-].[Na+]. The zero-order valence-corrected chi connectivity index (χ0v) is 15.5. The minimum Gasteiger partial charge on any atom is -1.00 e. The minimum atomic E-state index is -0.958. The molecule has 0 saturated carbocycles. The Morgan fingerprint density at radius 3 is 2.56 bits per heavy atom. The third-order valence-corrected chi connectivity index (χ3v) is 2.60. The Balaban J connectivity index is 0. The average Bonchev–Trinajstić information content (AvgIpc) is 2.15. The molecule has 0 heterocycles. The predicted molar refractivity (Wildman–Crippen MR) is 61.7 cm³/mol. The zero-order valence-electron chi connectivity index (χ0n) is 9.17. The van der Waals surface area contributed by atoms with E-state index in [1.165, 1.54) is 5.56 Å². The maximum Gasteiger partial charge on any atom is 1.00 e. The van der Waals surface area contributed by atoms with Crippen LogP contribution in [0.4, 0.5) is 0 Å². The Bertz CT molecular complexity index is 345. The summed E-state index contributed by atoms with van der Waals surface area (Å²) in [6.07, 6.45) is 0.967. The summed E-state index contributed by atoms with van der Waals surface area (Å²) in [5.74, 6) is -0.328. The Hall–Kier alpha value is 0.950. The van der Waals surface area contributed by atoms with Gasteiger partial charge in [0, 0.05) is 0 Å². The molecule has 1 aromatic rings. The van der Waals surface area contributed by atoms with E-state index in [-0.39, 0.29) is 60.1 Å². The fourth-order valence-corrected chi connectivity index (χ4v) is 1.76. The van der Waals surface area contributed by atoms with Gasteiger partial charge in [-0.2, -0.15) is 0 Å². The smallest absolute Gasteiger partial charge is 1.00 e. The van der Waals surface area contributed by atoms with Crippen LogP contribution in [0.3, 0.4) is 0 Å². The number of carboxylic acids is 1. The van der Waals surface area contributed by atoms with Crippen LogP contribution in [0.5, 0.6) is 5.75 Å². The number of aryl methyl sites for hydroxylation is 1. The van der Waals surface area contributed by atoms with Crippen LogP contribution in [0.1, 0.15) is 12.5 Å². The maximum atomic E-state index is 10.3. The molecule has 1 aromatic carbocycles. The Labute approximate surface area is 148 Å². The second kappa shape index (κ2) is 9.93. The standard InChI is InChI=1S/C10H11IO3.HI.Na/c1-2-7-3-4-9(8(11)5-7)14-6-10(12)13;;/h3-5H,2,6H2,1H3,(H,12,13);1H;/q;;+1/p-1. The molecule has 0 bridgehead atoms. The van der Waals surface area contributed by atoms with Crippen LogP contribution >= 0.6 is 22.6 Å². The molecule has 0 aromatic heterocycles. The summed E-state index contributed by atoms with van der Waals surface area (Å²) >= 11 is 2.14. The first kappa shape index (κ1) is 19.3. The van der Waals surface area contributed by atoms with Crippen molar-refractivity contribution < 1.29 is 68.2 Å². The van der Waals surface area contributed by atoms with E-state index < -0.39 is 5.97 Å². The molecular weight excluding hydrogens is 445 g/mol. The van der Waals surface area contributed by atoms with E-state index in [9.17, 15) is 4.79 Å². The van der Waals surface area contributed by atoms with Crippen molar-refractivity contribution in [2.24, 2.45) is 0 Å². The van der Waals surface area contributed by atoms with E-state index in [1.54, 1.807) is 0 Å². The molecule has 16 heavy (non-hydrogen) atoms. The second-order valence-corrected chi connectivity index (χ2v) is 3.96. The van der Waals surface area contributed by atoms with Gasteiger partial charge in [-0.1, -0.05) is 13.0 Å². The van der Waals surface area contributed by atoms with Gasteiger partial charge in [-0.25, -0.2) is 4.79 Å². The molecule has 0 amide bonds. The van der Waals surface area contributed by atoms with Crippen molar-refractivity contribution in [1.29, 1.82) is 0 Å². The van der Waals surface area contributed by atoms with Crippen molar-refractivity contribution in [3.63, 3.8) is 0 Å². The predicted octanol–water partition coefficient (Wildman–Crippen LogP) is -3.67. The quantitative estimate of drug-likeness (QED) is 0.376. The van der Waals surface area contributed by atoms with Crippen molar-refractivity contribution in [3.8, 4) is 5.75 Å². The first-order chi connectivity index (χ1) is 6.63. The van der Waals surface area contributed by atoms with Crippen molar-refractivity contribution >= 4 is 28.6 Å². The molecule has 1 rings (SSSR count). The molecular formula is C10H11I2NaO3. The number of ether oxygens (including phenoxy) is 1. The number of carbonyl (C=O) groups is 1. The van der Waals surface area contributed by atoms with Gasteiger partial charge in [-0.3, -0.25) is 0 Å². The molecule has 0 fully saturated rings. The number of halogens is 2. The zero-order chi connectivity index (χ0) is 10.6. The van der Waals surface area contributed by atoms with Gasteiger partial charge in [0.25, 0.3) is 0 Å². The van der Waals surface area contributed by atoms with Gasteiger partial charge in [0.1, 0.15) is 5.75 Å². The fourth-order valence-electron chi connectivity index (χ4n) is 1.02. The summed E-state index contributed by atoms with van der Waals surface area (Å²) in [5, 5.41) is 8.44. The summed E-state index contributed by atoms with van der Waals surface area (Å²) in [7, 11) is 0. The maximum absolute atomic E-state index is 10.3. The topological polar surface area (TPSA) is 46.5 Å². The molecule has 0 aliphatic heterocycles. The van der Waals surface area contributed by atoms with E-state index in [0.717, 1.165) is 9.99 Å². The van der Waals surface area contributed by atoms with Crippen LogP contribution in [0.25, 0.3) is 0 Å². The average molecular weight is 456 g/mol.